The Labute approximate surface area is 97.9 Å². The van der Waals surface area contributed by atoms with Crippen molar-refractivity contribution in [3.8, 4) is 11.8 Å². The minimum absolute atomic E-state index is 0.808. The first-order valence-corrected chi connectivity index (χ1v) is 7.86. The van der Waals surface area contributed by atoms with Gasteiger partial charge in [0.1, 0.15) is 0 Å². The Bertz CT molecular complexity index is 165. The van der Waals surface area contributed by atoms with Crippen molar-refractivity contribution in [1.82, 2.24) is 9.62 Å². The summed E-state index contributed by atoms with van der Waals surface area (Å²) in [7, 11) is 1.74. The monoisotopic (exact) mass is 312 g/mol. The van der Waals surface area contributed by atoms with Crippen LogP contribution in [0.3, 0.4) is 0 Å². The smallest absolute Gasteiger partial charge is 0.0709 e. The maximum absolute atomic E-state index is 3.17. The summed E-state index contributed by atoms with van der Waals surface area (Å²) in [5, 5.41) is 3.17. The molecule has 0 radical (unpaired) electrons. The van der Waals surface area contributed by atoms with Gasteiger partial charge >= 0.3 is 0 Å². The van der Waals surface area contributed by atoms with Gasteiger partial charge in [-0.05, 0) is 22.1 Å². The second-order valence-electron chi connectivity index (χ2n) is 2.57. The molecule has 4 heteroatoms. The molecule has 0 amide bonds. The molecule has 0 rings (SSSR count). The quantitative estimate of drug-likeness (QED) is 0.351. The number of hydrogen-bond donors (Lipinski definition) is 1. The van der Waals surface area contributed by atoms with Gasteiger partial charge in [0, 0.05) is 27.8 Å². The van der Waals surface area contributed by atoms with Gasteiger partial charge in [-0.15, -0.1) is 0 Å². The number of nitrogens with one attached hydrogen (secondary N) is 1. The van der Waals surface area contributed by atoms with E-state index >= 15 is 0 Å². The van der Waals surface area contributed by atoms with Crippen LogP contribution in [0.4, 0.5) is 0 Å². The van der Waals surface area contributed by atoms with Crippen LogP contribution in [0.15, 0.2) is 0 Å². The van der Waals surface area contributed by atoms with Gasteiger partial charge in [0.25, 0.3) is 0 Å². The van der Waals surface area contributed by atoms with E-state index in [4.69, 9.17) is 0 Å². The van der Waals surface area contributed by atoms with Gasteiger partial charge in [-0.3, -0.25) is 0 Å². The highest BCUT2D eigenvalue weighted by atomic mass is 127. The number of hydrogen-bond acceptors (Lipinski definition) is 3. The van der Waals surface area contributed by atoms with Crippen molar-refractivity contribution >= 4 is 30.3 Å². The normalized spacial score (nSPS) is 9.85. The van der Waals surface area contributed by atoms with Gasteiger partial charge in [-0.1, -0.05) is 25.7 Å². The Balaban J connectivity index is 3.49. The van der Waals surface area contributed by atoms with Crippen LogP contribution >= 0.6 is 30.3 Å². The van der Waals surface area contributed by atoms with Crippen LogP contribution in [0.1, 0.15) is 20.3 Å². The molecule has 0 bridgehead atoms. The van der Waals surface area contributed by atoms with Crippen molar-refractivity contribution in [2.75, 3.05) is 26.2 Å². The molecule has 0 aromatic carbocycles. The first-order chi connectivity index (χ1) is 6.35. The molecule has 0 aliphatic carbocycles. The van der Waals surface area contributed by atoms with Crippen molar-refractivity contribution < 1.29 is 0 Å². The maximum Gasteiger partial charge on any atom is 0.0709 e. The van der Waals surface area contributed by atoms with E-state index in [-0.39, 0.29) is 0 Å². The van der Waals surface area contributed by atoms with E-state index in [0.717, 1.165) is 26.2 Å². The van der Waals surface area contributed by atoms with E-state index < -0.39 is 0 Å². The highest BCUT2D eigenvalue weighted by molar-refractivity contribution is 14.2. The summed E-state index contributed by atoms with van der Waals surface area (Å²) >= 11 is 2.30. The molecule has 76 valence electrons. The molecular formula is C9H17IN2S. The van der Waals surface area contributed by atoms with Gasteiger partial charge in [0.2, 0.25) is 0 Å². The van der Waals surface area contributed by atoms with Gasteiger partial charge in [-0.2, -0.15) is 0 Å². The maximum atomic E-state index is 3.17. The number of rotatable bonds is 6. The fourth-order valence-corrected chi connectivity index (χ4v) is 2.16. The largest absolute Gasteiger partial charge is 0.307 e. The third kappa shape index (κ3) is 8.88. The molecule has 1 N–H and O–H groups in total. The van der Waals surface area contributed by atoms with E-state index in [2.05, 4.69) is 56.5 Å². The molecule has 0 aliphatic rings. The molecule has 0 aromatic rings. The lowest BCUT2D eigenvalue weighted by atomic mass is 10.4. The highest BCUT2D eigenvalue weighted by Gasteiger charge is 1.97. The molecule has 0 saturated heterocycles. The van der Waals surface area contributed by atoms with Crippen LogP contribution in [0, 0.1) is 11.8 Å². The number of nitrogens with zero attached hydrogens (tertiary/aromatic N) is 1. The Kier molecular flexibility index (Phi) is 11.1. The standard InChI is InChI=1S/C9H17IN2S/c1-3-8-12(13-10)9-6-5-7-11-4-2/h11H,3-4,7-9H2,1-2H3. The second kappa shape index (κ2) is 10.6. The molecule has 0 spiro atoms. The topological polar surface area (TPSA) is 15.3 Å². The third-order valence-electron chi connectivity index (χ3n) is 1.41. The van der Waals surface area contributed by atoms with Crippen molar-refractivity contribution in [2.45, 2.75) is 20.3 Å². The molecule has 2 nitrogen and oxygen atoms in total. The molecule has 0 aromatic heterocycles. The van der Waals surface area contributed by atoms with Crippen molar-refractivity contribution in [2.24, 2.45) is 0 Å². The van der Waals surface area contributed by atoms with E-state index in [1.54, 1.807) is 9.12 Å². The summed E-state index contributed by atoms with van der Waals surface area (Å²) < 4.78 is 2.26. The minimum Gasteiger partial charge on any atom is -0.307 e. The zero-order valence-electron chi connectivity index (χ0n) is 8.27. The molecule has 13 heavy (non-hydrogen) atoms. The molecule has 0 unspecified atom stereocenters. The molecule has 0 aliphatic heterocycles. The van der Waals surface area contributed by atoms with E-state index in [1.807, 2.05) is 0 Å². The zero-order valence-corrected chi connectivity index (χ0v) is 11.2. The van der Waals surface area contributed by atoms with E-state index in [0.29, 0.717) is 0 Å². The van der Waals surface area contributed by atoms with Crippen molar-refractivity contribution in [3.63, 3.8) is 0 Å². The second-order valence-corrected chi connectivity index (χ2v) is 4.40. The van der Waals surface area contributed by atoms with Crippen LogP contribution in [-0.4, -0.2) is 30.5 Å². The Morgan fingerprint density at radius 1 is 1.38 bits per heavy atom. The molecule has 0 fully saturated rings. The summed E-state index contributed by atoms with van der Waals surface area (Å²) in [6.07, 6.45) is 1.19. The van der Waals surface area contributed by atoms with Crippen molar-refractivity contribution in [3.05, 3.63) is 0 Å². The third-order valence-corrected chi connectivity index (χ3v) is 3.59. The van der Waals surface area contributed by atoms with Crippen LogP contribution in [-0.2, 0) is 0 Å². The van der Waals surface area contributed by atoms with Crippen LogP contribution in [0.5, 0.6) is 0 Å². The Hall–Kier alpha value is 0.560. The van der Waals surface area contributed by atoms with Gasteiger partial charge in [0.15, 0.2) is 0 Å². The predicted molar refractivity (Wildman–Crippen MR) is 69.8 cm³/mol. The minimum atomic E-state index is 0.808. The summed E-state index contributed by atoms with van der Waals surface area (Å²) in [6.45, 7) is 8.06. The first kappa shape index (κ1) is 13.6. The first-order valence-electron chi connectivity index (χ1n) is 4.55. The van der Waals surface area contributed by atoms with Crippen LogP contribution < -0.4 is 5.32 Å². The van der Waals surface area contributed by atoms with Crippen LogP contribution in [0.25, 0.3) is 0 Å². The molecule has 0 atom stereocenters. The van der Waals surface area contributed by atoms with Crippen LogP contribution in [0.2, 0.25) is 0 Å². The summed E-state index contributed by atoms with van der Waals surface area (Å²) in [5.41, 5.74) is 0. The Morgan fingerprint density at radius 2 is 2.15 bits per heavy atom. The fourth-order valence-electron chi connectivity index (χ4n) is 0.781. The summed E-state index contributed by atoms with van der Waals surface area (Å²) in [6, 6.07) is 0. The lowest BCUT2D eigenvalue weighted by molar-refractivity contribution is 0.528. The fraction of sp³-hybridized carbons (Fsp3) is 0.778. The summed E-state index contributed by atoms with van der Waals surface area (Å²) in [4.78, 5) is 0. The zero-order chi connectivity index (χ0) is 9.94. The Morgan fingerprint density at radius 3 is 2.69 bits per heavy atom. The summed E-state index contributed by atoms with van der Waals surface area (Å²) in [5.74, 6) is 6.23. The van der Waals surface area contributed by atoms with Gasteiger partial charge < -0.3 is 5.32 Å². The molecule has 0 saturated carbocycles. The highest BCUT2D eigenvalue weighted by Crippen LogP contribution is 2.17. The molecule has 0 heterocycles. The van der Waals surface area contributed by atoms with E-state index in [9.17, 15) is 0 Å². The lowest BCUT2D eigenvalue weighted by Gasteiger charge is -2.12. The van der Waals surface area contributed by atoms with E-state index in [1.165, 1.54) is 6.42 Å². The average molecular weight is 312 g/mol. The van der Waals surface area contributed by atoms with Gasteiger partial charge in [-0.25, -0.2) is 4.31 Å². The average Bonchev–Trinajstić information content (AvgIpc) is 2.16. The molecular weight excluding hydrogens is 295 g/mol. The predicted octanol–water partition coefficient (Wildman–Crippen LogP) is 2.31. The lowest BCUT2D eigenvalue weighted by Crippen LogP contribution is -2.16. The number of halogens is 1. The van der Waals surface area contributed by atoms with Gasteiger partial charge in [0.05, 0.1) is 13.1 Å². The van der Waals surface area contributed by atoms with Crippen molar-refractivity contribution in [1.29, 1.82) is 0 Å². The SMILES string of the molecule is CCCN(CC#CCNCC)SI.